The second-order valence-corrected chi connectivity index (χ2v) is 7.37. The number of nitrogens with two attached hydrogens (primary N) is 1. The molecule has 168 valence electrons. The van der Waals surface area contributed by atoms with Crippen LogP contribution < -0.4 is 15.2 Å². The first kappa shape index (κ1) is 23.2. The number of benzene rings is 3. The van der Waals surface area contributed by atoms with E-state index in [-0.39, 0.29) is 19.6 Å². The molecule has 5 nitrogen and oxygen atoms in total. The average molecular weight is 441 g/mol. The van der Waals surface area contributed by atoms with E-state index in [4.69, 9.17) is 20.3 Å². The third-order valence-electron chi connectivity index (χ3n) is 4.85. The summed E-state index contributed by atoms with van der Waals surface area (Å²) in [6, 6.07) is 16.5. The standard InChI is InChI=1S/C25H25F2NO4/c1-16(28)21-6-4-7-22(25(21)27)19-11-17(12-20(13-19)31-10-9-26)15-32-23-8-3-2-5-18(23)14-24(29)30/h2-8,11-13,16H,9-10,14-15,28H2,1H3,(H,29,30). The molecule has 3 aromatic rings. The highest BCUT2D eigenvalue weighted by Gasteiger charge is 2.15. The molecule has 0 spiro atoms. The van der Waals surface area contributed by atoms with Crippen LogP contribution in [0.4, 0.5) is 8.78 Å². The van der Waals surface area contributed by atoms with E-state index in [9.17, 15) is 9.18 Å². The smallest absolute Gasteiger partial charge is 0.307 e. The van der Waals surface area contributed by atoms with E-state index in [1.165, 1.54) is 0 Å². The maximum atomic E-state index is 15.1. The molecule has 0 bridgehead atoms. The third-order valence-corrected chi connectivity index (χ3v) is 4.85. The van der Waals surface area contributed by atoms with Crippen molar-refractivity contribution in [3.05, 3.63) is 83.2 Å². The minimum atomic E-state index is -0.963. The van der Waals surface area contributed by atoms with Gasteiger partial charge in [0.05, 0.1) is 6.42 Å². The van der Waals surface area contributed by atoms with Crippen LogP contribution in [0.1, 0.15) is 29.7 Å². The third kappa shape index (κ3) is 5.82. The molecule has 3 rings (SSSR count). The number of hydrogen-bond acceptors (Lipinski definition) is 4. The molecule has 0 aliphatic heterocycles. The van der Waals surface area contributed by atoms with Crippen molar-refractivity contribution in [2.75, 3.05) is 13.3 Å². The summed E-state index contributed by atoms with van der Waals surface area (Å²) in [6.45, 7) is 1.00. The number of carboxylic acids is 1. The van der Waals surface area contributed by atoms with Crippen LogP contribution in [0.2, 0.25) is 0 Å². The number of aliphatic carboxylic acids is 1. The van der Waals surface area contributed by atoms with Gasteiger partial charge < -0.3 is 20.3 Å². The van der Waals surface area contributed by atoms with Crippen LogP contribution in [-0.2, 0) is 17.8 Å². The van der Waals surface area contributed by atoms with Gasteiger partial charge in [0, 0.05) is 22.7 Å². The highest BCUT2D eigenvalue weighted by atomic mass is 19.1. The van der Waals surface area contributed by atoms with Gasteiger partial charge in [0.1, 0.15) is 37.2 Å². The molecule has 0 heterocycles. The lowest BCUT2D eigenvalue weighted by Crippen LogP contribution is -2.08. The first-order valence-corrected chi connectivity index (χ1v) is 10.2. The maximum absolute atomic E-state index is 15.1. The van der Waals surface area contributed by atoms with Crippen molar-refractivity contribution in [2.45, 2.75) is 26.0 Å². The Bertz CT molecular complexity index is 1090. The van der Waals surface area contributed by atoms with Crippen LogP contribution in [0, 0.1) is 5.82 Å². The Morgan fingerprint density at radius 2 is 1.88 bits per heavy atom. The zero-order valence-electron chi connectivity index (χ0n) is 17.7. The molecule has 0 aromatic heterocycles. The quantitative estimate of drug-likeness (QED) is 0.459. The normalized spacial score (nSPS) is 11.8. The van der Waals surface area contributed by atoms with Gasteiger partial charge in [-0.3, -0.25) is 4.79 Å². The van der Waals surface area contributed by atoms with Crippen molar-refractivity contribution in [1.82, 2.24) is 0 Å². The van der Waals surface area contributed by atoms with Crippen molar-refractivity contribution < 1.29 is 28.2 Å². The summed E-state index contributed by atoms with van der Waals surface area (Å²) < 4.78 is 39.0. The van der Waals surface area contributed by atoms with E-state index in [1.54, 1.807) is 67.6 Å². The highest BCUT2D eigenvalue weighted by molar-refractivity contribution is 5.71. The van der Waals surface area contributed by atoms with Gasteiger partial charge in [0.2, 0.25) is 0 Å². The molecule has 0 amide bonds. The molecule has 7 heteroatoms. The largest absolute Gasteiger partial charge is 0.491 e. The summed E-state index contributed by atoms with van der Waals surface area (Å²) >= 11 is 0. The van der Waals surface area contributed by atoms with Crippen LogP contribution in [0.3, 0.4) is 0 Å². The fraction of sp³-hybridized carbons (Fsp3) is 0.240. The number of rotatable bonds is 10. The second kappa shape index (κ2) is 10.7. The Labute approximate surface area is 185 Å². The summed E-state index contributed by atoms with van der Waals surface area (Å²) in [5, 5.41) is 9.10. The SMILES string of the molecule is CC(N)c1cccc(-c2cc(COc3ccccc3CC(=O)O)cc(OCCF)c2)c1F. The summed E-state index contributed by atoms with van der Waals surface area (Å²) in [6.07, 6.45) is -0.170. The van der Waals surface area contributed by atoms with Gasteiger partial charge in [-0.05, 0) is 42.3 Å². The molecule has 0 aliphatic carbocycles. The fourth-order valence-electron chi connectivity index (χ4n) is 3.38. The van der Waals surface area contributed by atoms with Gasteiger partial charge in [0.15, 0.2) is 0 Å². The highest BCUT2D eigenvalue weighted by Crippen LogP contribution is 2.32. The van der Waals surface area contributed by atoms with Crippen LogP contribution in [0.25, 0.3) is 11.1 Å². The lowest BCUT2D eigenvalue weighted by Gasteiger charge is -2.15. The van der Waals surface area contributed by atoms with Crippen molar-refractivity contribution >= 4 is 5.97 Å². The molecule has 0 aliphatic rings. The number of ether oxygens (including phenoxy) is 2. The van der Waals surface area contributed by atoms with E-state index in [0.717, 1.165) is 0 Å². The number of halogens is 2. The minimum absolute atomic E-state index is 0.0884. The Morgan fingerprint density at radius 1 is 1.09 bits per heavy atom. The Balaban J connectivity index is 1.94. The first-order valence-electron chi connectivity index (χ1n) is 10.2. The zero-order valence-corrected chi connectivity index (χ0v) is 17.7. The van der Waals surface area contributed by atoms with Crippen molar-refractivity contribution in [1.29, 1.82) is 0 Å². The Kier molecular flexibility index (Phi) is 7.78. The van der Waals surface area contributed by atoms with Gasteiger partial charge in [-0.1, -0.05) is 36.4 Å². The molecule has 0 fully saturated rings. The Morgan fingerprint density at radius 3 is 2.59 bits per heavy atom. The monoisotopic (exact) mass is 441 g/mol. The van der Waals surface area contributed by atoms with Crippen molar-refractivity contribution in [2.24, 2.45) is 5.73 Å². The van der Waals surface area contributed by atoms with Crippen LogP contribution in [-0.4, -0.2) is 24.4 Å². The van der Waals surface area contributed by atoms with Gasteiger partial charge >= 0.3 is 5.97 Å². The lowest BCUT2D eigenvalue weighted by atomic mass is 9.97. The zero-order chi connectivity index (χ0) is 23.1. The molecule has 0 radical (unpaired) electrons. The topological polar surface area (TPSA) is 81.8 Å². The van der Waals surface area contributed by atoms with E-state index in [2.05, 4.69) is 0 Å². The van der Waals surface area contributed by atoms with Gasteiger partial charge in [-0.2, -0.15) is 0 Å². The van der Waals surface area contributed by atoms with E-state index >= 15 is 4.39 Å². The van der Waals surface area contributed by atoms with Crippen molar-refractivity contribution in [3.63, 3.8) is 0 Å². The fourth-order valence-corrected chi connectivity index (χ4v) is 3.38. The summed E-state index contributed by atoms with van der Waals surface area (Å²) in [4.78, 5) is 11.1. The van der Waals surface area contributed by atoms with E-state index in [1.807, 2.05) is 0 Å². The molecule has 0 saturated heterocycles. The average Bonchev–Trinajstić information content (AvgIpc) is 2.76. The van der Waals surface area contributed by atoms with E-state index < -0.39 is 24.5 Å². The predicted octanol–water partition coefficient (Wildman–Crippen LogP) is 5.07. The predicted molar refractivity (Wildman–Crippen MR) is 118 cm³/mol. The summed E-state index contributed by atoms with van der Waals surface area (Å²) in [5.41, 5.74) is 8.35. The minimum Gasteiger partial charge on any atom is -0.491 e. The number of hydrogen-bond donors (Lipinski definition) is 2. The molecule has 0 saturated carbocycles. The maximum Gasteiger partial charge on any atom is 0.307 e. The van der Waals surface area contributed by atoms with Crippen LogP contribution in [0.5, 0.6) is 11.5 Å². The van der Waals surface area contributed by atoms with Crippen molar-refractivity contribution in [3.8, 4) is 22.6 Å². The van der Waals surface area contributed by atoms with Crippen LogP contribution in [0.15, 0.2) is 60.7 Å². The van der Waals surface area contributed by atoms with E-state index in [0.29, 0.717) is 39.3 Å². The summed E-state index contributed by atoms with van der Waals surface area (Å²) in [5.74, 6) is -0.571. The number of para-hydroxylation sites is 1. The molecule has 3 N–H and O–H groups in total. The molecular formula is C25H25F2NO4. The van der Waals surface area contributed by atoms with Gasteiger partial charge in [-0.15, -0.1) is 0 Å². The molecule has 32 heavy (non-hydrogen) atoms. The van der Waals surface area contributed by atoms with Gasteiger partial charge in [-0.25, -0.2) is 8.78 Å². The number of carboxylic acid groups (broad SMARTS) is 1. The molecule has 1 unspecified atom stereocenters. The van der Waals surface area contributed by atoms with Gasteiger partial charge in [0.25, 0.3) is 0 Å². The molecular weight excluding hydrogens is 416 g/mol. The molecule has 3 aromatic carbocycles. The second-order valence-electron chi connectivity index (χ2n) is 7.37. The first-order chi connectivity index (χ1) is 15.4. The summed E-state index contributed by atoms with van der Waals surface area (Å²) in [7, 11) is 0. The lowest BCUT2D eigenvalue weighted by molar-refractivity contribution is -0.136. The number of alkyl halides is 1. The molecule has 1 atom stereocenters. The number of carbonyl (C=O) groups is 1. The van der Waals surface area contributed by atoms with Crippen LogP contribution >= 0.6 is 0 Å². The Hall–Kier alpha value is -3.45.